The van der Waals surface area contributed by atoms with Crippen LogP contribution in [0.4, 0.5) is 5.69 Å². The van der Waals surface area contributed by atoms with Gasteiger partial charge in [-0.3, -0.25) is 14.9 Å². The number of rotatable bonds is 3. The Hall–Kier alpha value is -1.95. The van der Waals surface area contributed by atoms with E-state index >= 15 is 0 Å². The van der Waals surface area contributed by atoms with Crippen LogP contribution < -0.4 is 0 Å². The number of likely N-dealkylation sites (tertiary alicyclic amines) is 1. The fourth-order valence-corrected chi connectivity index (χ4v) is 2.58. The Bertz CT molecular complexity index is 542. The van der Waals surface area contributed by atoms with Crippen molar-refractivity contribution >= 4 is 11.6 Å². The SMILES string of the molecule is CC1(O)CCCN(C(=O)Cc2cccc([N+](=O)[O-])c2)CC1. The van der Waals surface area contributed by atoms with E-state index in [0.717, 1.165) is 6.42 Å². The molecule has 6 heteroatoms. The molecule has 21 heavy (non-hydrogen) atoms. The van der Waals surface area contributed by atoms with Gasteiger partial charge in [0.15, 0.2) is 0 Å². The Morgan fingerprint density at radius 2 is 2.19 bits per heavy atom. The van der Waals surface area contributed by atoms with E-state index in [1.165, 1.54) is 12.1 Å². The van der Waals surface area contributed by atoms with E-state index in [1.807, 2.05) is 0 Å². The van der Waals surface area contributed by atoms with Gasteiger partial charge >= 0.3 is 0 Å². The van der Waals surface area contributed by atoms with Crippen LogP contribution in [-0.4, -0.2) is 39.5 Å². The Labute approximate surface area is 123 Å². The molecule has 1 atom stereocenters. The second kappa shape index (κ2) is 6.22. The smallest absolute Gasteiger partial charge is 0.269 e. The first-order valence-electron chi connectivity index (χ1n) is 7.11. The second-order valence-electron chi connectivity index (χ2n) is 5.84. The summed E-state index contributed by atoms with van der Waals surface area (Å²) >= 11 is 0. The van der Waals surface area contributed by atoms with Crippen molar-refractivity contribution in [2.45, 2.75) is 38.2 Å². The van der Waals surface area contributed by atoms with Crippen LogP contribution in [0, 0.1) is 10.1 Å². The summed E-state index contributed by atoms with van der Waals surface area (Å²) in [6.45, 7) is 2.95. The van der Waals surface area contributed by atoms with Crippen molar-refractivity contribution in [3.8, 4) is 0 Å². The van der Waals surface area contributed by atoms with Gasteiger partial charge in [-0.1, -0.05) is 12.1 Å². The number of nitro groups is 1. The van der Waals surface area contributed by atoms with E-state index in [9.17, 15) is 20.0 Å². The summed E-state index contributed by atoms with van der Waals surface area (Å²) in [5.41, 5.74) is -0.0649. The summed E-state index contributed by atoms with van der Waals surface area (Å²) in [5, 5.41) is 20.8. The molecule has 0 aliphatic carbocycles. The number of benzene rings is 1. The number of carbonyl (C=O) groups is 1. The minimum atomic E-state index is -0.708. The first-order chi connectivity index (χ1) is 9.87. The number of aliphatic hydroxyl groups is 1. The molecule has 1 heterocycles. The number of nitro benzene ring substituents is 1. The highest BCUT2D eigenvalue weighted by Crippen LogP contribution is 2.22. The summed E-state index contributed by atoms with van der Waals surface area (Å²) in [5.74, 6) is -0.0480. The van der Waals surface area contributed by atoms with Crippen LogP contribution in [-0.2, 0) is 11.2 Å². The van der Waals surface area contributed by atoms with Crippen LogP contribution in [0.25, 0.3) is 0 Å². The summed E-state index contributed by atoms with van der Waals surface area (Å²) in [6.07, 6.45) is 2.18. The summed E-state index contributed by atoms with van der Waals surface area (Å²) < 4.78 is 0. The van der Waals surface area contributed by atoms with Crippen molar-refractivity contribution in [1.29, 1.82) is 0 Å². The number of amides is 1. The zero-order chi connectivity index (χ0) is 15.5. The fourth-order valence-electron chi connectivity index (χ4n) is 2.58. The number of hydrogen-bond donors (Lipinski definition) is 1. The highest BCUT2D eigenvalue weighted by atomic mass is 16.6. The monoisotopic (exact) mass is 292 g/mol. The Morgan fingerprint density at radius 1 is 1.43 bits per heavy atom. The van der Waals surface area contributed by atoms with Crippen molar-refractivity contribution in [1.82, 2.24) is 4.90 Å². The predicted molar refractivity (Wildman–Crippen MR) is 77.9 cm³/mol. The molecule has 1 aliphatic rings. The number of hydrogen-bond acceptors (Lipinski definition) is 4. The van der Waals surface area contributed by atoms with Crippen molar-refractivity contribution in [2.24, 2.45) is 0 Å². The molecule has 1 N–H and O–H groups in total. The van der Waals surface area contributed by atoms with Crippen LogP contribution in [0.3, 0.4) is 0 Å². The molecular formula is C15H20N2O4. The molecule has 1 unspecified atom stereocenters. The van der Waals surface area contributed by atoms with Crippen molar-refractivity contribution < 1.29 is 14.8 Å². The van der Waals surface area contributed by atoms with Gasteiger partial charge in [0.2, 0.25) is 5.91 Å². The van der Waals surface area contributed by atoms with Crippen LogP contribution >= 0.6 is 0 Å². The minimum absolute atomic E-state index is 0.000834. The lowest BCUT2D eigenvalue weighted by atomic mass is 9.98. The molecule has 2 rings (SSSR count). The molecule has 0 saturated carbocycles. The van der Waals surface area contributed by atoms with Gasteiger partial charge in [-0.05, 0) is 31.7 Å². The van der Waals surface area contributed by atoms with Gasteiger partial charge in [0, 0.05) is 25.2 Å². The molecule has 0 bridgehead atoms. The van der Waals surface area contributed by atoms with E-state index < -0.39 is 10.5 Å². The summed E-state index contributed by atoms with van der Waals surface area (Å²) in [6, 6.07) is 6.16. The van der Waals surface area contributed by atoms with Crippen LogP contribution in [0.15, 0.2) is 24.3 Å². The Balaban J connectivity index is 2.01. The maximum absolute atomic E-state index is 12.3. The third-order valence-corrected chi connectivity index (χ3v) is 3.89. The third kappa shape index (κ3) is 4.26. The molecule has 1 amide bonds. The molecule has 1 aromatic rings. The molecule has 1 fully saturated rings. The summed E-state index contributed by atoms with van der Waals surface area (Å²) in [4.78, 5) is 24.3. The molecule has 0 aromatic heterocycles. The third-order valence-electron chi connectivity index (χ3n) is 3.89. The molecule has 6 nitrogen and oxygen atoms in total. The molecule has 1 saturated heterocycles. The number of nitrogens with zero attached hydrogens (tertiary/aromatic N) is 2. The molecule has 1 aliphatic heterocycles. The molecular weight excluding hydrogens is 272 g/mol. The largest absolute Gasteiger partial charge is 0.390 e. The second-order valence-corrected chi connectivity index (χ2v) is 5.84. The maximum Gasteiger partial charge on any atom is 0.269 e. The number of non-ortho nitro benzene ring substituents is 1. The van der Waals surface area contributed by atoms with Crippen LogP contribution in [0.5, 0.6) is 0 Å². The highest BCUT2D eigenvalue weighted by molar-refractivity contribution is 5.79. The maximum atomic E-state index is 12.3. The van der Waals surface area contributed by atoms with Gasteiger partial charge in [-0.2, -0.15) is 0 Å². The molecule has 0 radical (unpaired) electrons. The van der Waals surface area contributed by atoms with E-state index in [2.05, 4.69) is 0 Å². The van der Waals surface area contributed by atoms with E-state index in [-0.39, 0.29) is 18.0 Å². The van der Waals surface area contributed by atoms with Crippen molar-refractivity contribution in [2.75, 3.05) is 13.1 Å². The first-order valence-corrected chi connectivity index (χ1v) is 7.11. The number of carbonyl (C=O) groups excluding carboxylic acids is 1. The van der Waals surface area contributed by atoms with E-state index in [4.69, 9.17) is 0 Å². The minimum Gasteiger partial charge on any atom is -0.390 e. The standard InChI is InChI=1S/C15H20N2O4/c1-15(19)6-3-8-16(9-7-15)14(18)11-12-4-2-5-13(10-12)17(20)21/h2,4-5,10,19H,3,6-9,11H2,1H3. The first kappa shape index (κ1) is 15.4. The Kier molecular flexibility index (Phi) is 4.57. The van der Waals surface area contributed by atoms with Crippen molar-refractivity contribution in [3.63, 3.8) is 0 Å². The average molecular weight is 292 g/mol. The zero-order valence-electron chi connectivity index (χ0n) is 12.1. The summed E-state index contributed by atoms with van der Waals surface area (Å²) in [7, 11) is 0. The van der Waals surface area contributed by atoms with Gasteiger partial charge in [0.1, 0.15) is 0 Å². The van der Waals surface area contributed by atoms with Gasteiger partial charge in [-0.15, -0.1) is 0 Å². The lowest BCUT2D eigenvalue weighted by Crippen LogP contribution is -2.34. The fraction of sp³-hybridized carbons (Fsp3) is 0.533. The lowest BCUT2D eigenvalue weighted by Gasteiger charge is -2.22. The quantitative estimate of drug-likeness (QED) is 0.681. The highest BCUT2D eigenvalue weighted by Gasteiger charge is 2.27. The molecule has 0 spiro atoms. The topological polar surface area (TPSA) is 83.7 Å². The van der Waals surface area contributed by atoms with Gasteiger partial charge in [0.25, 0.3) is 5.69 Å². The lowest BCUT2D eigenvalue weighted by molar-refractivity contribution is -0.384. The average Bonchev–Trinajstić information content (AvgIpc) is 2.60. The van der Waals surface area contributed by atoms with Crippen LogP contribution in [0.2, 0.25) is 0 Å². The normalized spacial score (nSPS) is 22.7. The van der Waals surface area contributed by atoms with Crippen molar-refractivity contribution in [3.05, 3.63) is 39.9 Å². The van der Waals surface area contributed by atoms with Crippen LogP contribution in [0.1, 0.15) is 31.7 Å². The van der Waals surface area contributed by atoms with Gasteiger partial charge in [0.05, 0.1) is 16.9 Å². The Morgan fingerprint density at radius 3 is 2.90 bits per heavy atom. The van der Waals surface area contributed by atoms with Gasteiger partial charge in [-0.25, -0.2) is 0 Å². The predicted octanol–water partition coefficient (Wildman–Crippen LogP) is 1.90. The van der Waals surface area contributed by atoms with E-state index in [0.29, 0.717) is 31.5 Å². The van der Waals surface area contributed by atoms with Gasteiger partial charge < -0.3 is 10.0 Å². The zero-order valence-corrected chi connectivity index (χ0v) is 12.1. The van der Waals surface area contributed by atoms with E-state index in [1.54, 1.807) is 24.0 Å². The molecule has 1 aromatic carbocycles. The molecule has 114 valence electrons.